The molecule has 0 radical (unpaired) electrons. The molecule has 190 valence electrons. The van der Waals surface area contributed by atoms with E-state index >= 15 is 0 Å². The monoisotopic (exact) mass is 498 g/mol. The molecule has 4 rings (SSSR count). The van der Waals surface area contributed by atoms with Crippen molar-refractivity contribution in [1.82, 2.24) is 10.5 Å². The molecule has 10 heteroatoms. The number of alkyl halides is 2. The van der Waals surface area contributed by atoms with Crippen LogP contribution < -0.4 is 15.4 Å². The van der Waals surface area contributed by atoms with Crippen molar-refractivity contribution in [2.45, 2.75) is 58.4 Å². The number of carbonyl (C=O) groups is 2. The van der Waals surface area contributed by atoms with Gasteiger partial charge in [-0.2, -0.15) is 4.73 Å². The van der Waals surface area contributed by atoms with Crippen LogP contribution in [0.15, 0.2) is 47.3 Å². The van der Waals surface area contributed by atoms with Crippen LogP contribution in [0.1, 0.15) is 53.0 Å². The van der Waals surface area contributed by atoms with Gasteiger partial charge >= 0.3 is 0 Å². The summed E-state index contributed by atoms with van der Waals surface area (Å²) in [5, 5.41) is 21.2. The van der Waals surface area contributed by atoms with Gasteiger partial charge in [0.15, 0.2) is 11.9 Å². The highest BCUT2D eigenvalue weighted by atomic mass is 19.3. The van der Waals surface area contributed by atoms with Gasteiger partial charge < -0.3 is 20.4 Å². The van der Waals surface area contributed by atoms with E-state index in [9.17, 15) is 23.6 Å². The Balaban J connectivity index is 1.53. The van der Waals surface area contributed by atoms with Crippen molar-refractivity contribution < 1.29 is 27.6 Å². The molecule has 2 aromatic heterocycles. The molecule has 2 amide bonds. The number of aromatic nitrogens is 2. The van der Waals surface area contributed by atoms with Gasteiger partial charge in [0, 0.05) is 31.5 Å². The number of nitrogens with one attached hydrogen (secondary N) is 2. The second-order valence-corrected chi connectivity index (χ2v) is 9.31. The third-order valence-electron chi connectivity index (χ3n) is 6.78. The Bertz CT molecular complexity index is 1260. The molecule has 0 bridgehead atoms. The summed E-state index contributed by atoms with van der Waals surface area (Å²) in [6.45, 7) is 5.25. The molecule has 8 nitrogen and oxygen atoms in total. The van der Waals surface area contributed by atoms with E-state index in [1.807, 2.05) is 6.92 Å². The topological polar surface area (TPSA) is 111 Å². The van der Waals surface area contributed by atoms with Crippen molar-refractivity contribution in [2.24, 2.45) is 5.92 Å². The first-order chi connectivity index (χ1) is 17.1. The smallest absolute Gasteiger partial charge is 0.257 e. The number of rotatable bonds is 6. The van der Waals surface area contributed by atoms with E-state index in [1.54, 1.807) is 44.2 Å². The van der Waals surface area contributed by atoms with Crippen LogP contribution in [0.2, 0.25) is 0 Å². The largest absolute Gasteiger partial charge is 0.618 e. The van der Waals surface area contributed by atoms with Crippen LogP contribution in [0.25, 0.3) is 11.1 Å². The van der Waals surface area contributed by atoms with Crippen LogP contribution >= 0.6 is 0 Å². The Kier molecular flexibility index (Phi) is 7.05. The number of benzene rings is 1. The van der Waals surface area contributed by atoms with Crippen LogP contribution in [0.3, 0.4) is 0 Å². The summed E-state index contributed by atoms with van der Waals surface area (Å²) < 4.78 is 33.1. The van der Waals surface area contributed by atoms with E-state index in [0.29, 0.717) is 17.1 Å². The maximum absolute atomic E-state index is 13.8. The van der Waals surface area contributed by atoms with Gasteiger partial charge in [-0.05, 0) is 55.9 Å². The number of halogens is 2. The molecule has 2 N–H and O–H groups in total. The summed E-state index contributed by atoms with van der Waals surface area (Å²) in [6, 6.07) is 7.71. The van der Waals surface area contributed by atoms with Gasteiger partial charge in [-0.15, -0.1) is 0 Å². The molecule has 1 aromatic carbocycles. The standard InChI is InChI=1S/C26H28F2N4O4/c1-15-10-13-32(35)17(3)22(15)18-4-6-20(7-5-18)29-25(34)23(19-8-11-26(27,28)12-9-19)30-24(33)21-14-36-31-16(21)2/h4-7,10,13-14,19,23H,8-9,11-12H2,1-3H3,(H,29,34)(H,30,33)/t23-/m0/s1. The van der Waals surface area contributed by atoms with E-state index in [1.165, 1.54) is 12.5 Å². The molecule has 0 aliphatic heterocycles. The van der Waals surface area contributed by atoms with Crippen LogP contribution in [-0.4, -0.2) is 28.9 Å². The molecule has 0 unspecified atom stereocenters. The number of amides is 2. The minimum atomic E-state index is -2.77. The number of pyridine rings is 1. The zero-order chi connectivity index (χ0) is 26.0. The predicted molar refractivity (Wildman–Crippen MR) is 128 cm³/mol. The van der Waals surface area contributed by atoms with Crippen molar-refractivity contribution in [3.63, 3.8) is 0 Å². The van der Waals surface area contributed by atoms with Crippen LogP contribution in [-0.2, 0) is 4.79 Å². The molecular formula is C26H28F2N4O4. The van der Waals surface area contributed by atoms with Gasteiger partial charge in [-0.25, -0.2) is 8.78 Å². The van der Waals surface area contributed by atoms with Crippen molar-refractivity contribution in [2.75, 3.05) is 5.32 Å². The summed E-state index contributed by atoms with van der Waals surface area (Å²) in [5.41, 5.74) is 4.15. The van der Waals surface area contributed by atoms with Crippen molar-refractivity contribution in [1.29, 1.82) is 0 Å². The van der Waals surface area contributed by atoms with Gasteiger partial charge in [0.05, 0.1) is 11.3 Å². The molecule has 36 heavy (non-hydrogen) atoms. The third kappa shape index (κ3) is 5.37. The summed E-state index contributed by atoms with van der Waals surface area (Å²) in [6.07, 6.45) is 2.18. The van der Waals surface area contributed by atoms with Crippen LogP contribution in [0, 0.1) is 31.9 Å². The fourth-order valence-corrected chi connectivity index (χ4v) is 4.67. The Morgan fingerprint density at radius 3 is 2.42 bits per heavy atom. The van der Waals surface area contributed by atoms with Gasteiger partial charge in [-0.1, -0.05) is 17.3 Å². The number of hydrogen-bond acceptors (Lipinski definition) is 5. The lowest BCUT2D eigenvalue weighted by Gasteiger charge is -2.33. The highest BCUT2D eigenvalue weighted by molar-refractivity contribution is 6.01. The van der Waals surface area contributed by atoms with Crippen molar-refractivity contribution >= 4 is 17.5 Å². The minimum absolute atomic E-state index is 0.106. The van der Waals surface area contributed by atoms with E-state index in [4.69, 9.17) is 4.52 Å². The Morgan fingerprint density at radius 1 is 1.14 bits per heavy atom. The number of carbonyl (C=O) groups excluding carboxylic acids is 2. The van der Waals surface area contributed by atoms with Gasteiger partial charge in [-0.3, -0.25) is 9.59 Å². The normalized spacial score (nSPS) is 16.4. The fraction of sp³-hybridized carbons (Fsp3) is 0.385. The van der Waals surface area contributed by atoms with Gasteiger partial charge in [0.2, 0.25) is 11.8 Å². The average Bonchev–Trinajstić information content (AvgIpc) is 3.27. The zero-order valence-corrected chi connectivity index (χ0v) is 20.3. The molecule has 1 aliphatic rings. The van der Waals surface area contributed by atoms with E-state index in [0.717, 1.165) is 21.4 Å². The van der Waals surface area contributed by atoms with Crippen molar-refractivity contribution in [3.05, 3.63) is 70.5 Å². The second kappa shape index (κ2) is 10.0. The predicted octanol–water partition coefficient (Wildman–Crippen LogP) is 4.46. The van der Waals surface area contributed by atoms with Crippen molar-refractivity contribution in [3.8, 4) is 11.1 Å². The lowest BCUT2D eigenvalue weighted by atomic mass is 9.81. The van der Waals surface area contributed by atoms with Crippen LogP contribution in [0.4, 0.5) is 14.5 Å². The number of nitrogens with zero attached hydrogens (tertiary/aromatic N) is 2. The summed E-state index contributed by atoms with van der Waals surface area (Å²) in [4.78, 5) is 26.1. The molecule has 3 aromatic rings. The quantitative estimate of drug-likeness (QED) is 0.385. The fourth-order valence-electron chi connectivity index (χ4n) is 4.67. The molecule has 2 heterocycles. The first kappa shape index (κ1) is 25.3. The highest BCUT2D eigenvalue weighted by Crippen LogP contribution is 2.38. The Hall–Kier alpha value is -3.82. The summed E-state index contributed by atoms with van der Waals surface area (Å²) in [7, 11) is 0. The highest BCUT2D eigenvalue weighted by Gasteiger charge is 2.40. The Labute approximate surface area is 207 Å². The number of hydrogen-bond donors (Lipinski definition) is 2. The lowest BCUT2D eigenvalue weighted by Crippen LogP contribution is -2.50. The van der Waals surface area contributed by atoms with Gasteiger partial charge in [0.1, 0.15) is 17.9 Å². The molecule has 0 saturated heterocycles. The average molecular weight is 499 g/mol. The molecule has 1 saturated carbocycles. The summed E-state index contributed by atoms with van der Waals surface area (Å²) >= 11 is 0. The zero-order valence-electron chi connectivity index (χ0n) is 20.3. The van der Waals surface area contributed by atoms with E-state index in [-0.39, 0.29) is 31.2 Å². The SMILES string of the molecule is Cc1cc[n+]([O-])c(C)c1-c1ccc(NC(=O)[C@@H](NC(=O)c2conc2C)C2CCC(F)(F)CC2)cc1. The molecule has 0 spiro atoms. The van der Waals surface area contributed by atoms with Gasteiger partial charge in [0.25, 0.3) is 5.91 Å². The lowest BCUT2D eigenvalue weighted by molar-refractivity contribution is -0.611. The van der Waals surface area contributed by atoms with Crippen LogP contribution in [0.5, 0.6) is 0 Å². The molecule has 1 fully saturated rings. The number of anilines is 1. The first-order valence-corrected chi connectivity index (χ1v) is 11.8. The second-order valence-electron chi connectivity index (χ2n) is 9.31. The van der Waals surface area contributed by atoms with E-state index < -0.39 is 29.7 Å². The summed E-state index contributed by atoms with van der Waals surface area (Å²) in [5.74, 6) is -4.26. The molecule has 1 atom stereocenters. The molecular weight excluding hydrogens is 470 g/mol. The Morgan fingerprint density at radius 2 is 1.81 bits per heavy atom. The van der Waals surface area contributed by atoms with E-state index in [2.05, 4.69) is 15.8 Å². The maximum atomic E-state index is 13.8. The minimum Gasteiger partial charge on any atom is -0.618 e. The maximum Gasteiger partial charge on any atom is 0.257 e. The first-order valence-electron chi connectivity index (χ1n) is 11.8. The molecule has 1 aliphatic carbocycles. The third-order valence-corrected chi connectivity index (χ3v) is 6.78. The number of aryl methyl sites for hydroxylation is 2.